The number of hydrogen-bond donors (Lipinski definition) is 1. The maximum atomic E-state index is 12.5. The summed E-state index contributed by atoms with van der Waals surface area (Å²) in [5, 5.41) is 0. The van der Waals surface area contributed by atoms with Crippen LogP contribution < -0.4 is 4.72 Å². The third-order valence-electron chi connectivity index (χ3n) is 3.65. The summed E-state index contributed by atoms with van der Waals surface area (Å²) in [6.45, 7) is 6.56. The van der Waals surface area contributed by atoms with Gasteiger partial charge < -0.3 is 4.74 Å². The van der Waals surface area contributed by atoms with E-state index in [4.69, 9.17) is 4.74 Å². The Morgan fingerprint density at radius 3 is 2.50 bits per heavy atom. The first-order valence-corrected chi connectivity index (χ1v) is 9.54. The molecule has 2 atom stereocenters. The Hall–Kier alpha value is -0.180. The van der Waals surface area contributed by atoms with Crippen molar-refractivity contribution in [3.05, 3.63) is 29.8 Å². The van der Waals surface area contributed by atoms with E-state index in [9.17, 15) is 8.42 Å². The second kappa shape index (κ2) is 5.90. The van der Waals surface area contributed by atoms with Gasteiger partial charge in [0.2, 0.25) is 10.0 Å². The van der Waals surface area contributed by atoms with Gasteiger partial charge in [0.25, 0.3) is 0 Å². The first-order valence-electron chi connectivity index (χ1n) is 6.53. The van der Waals surface area contributed by atoms with Crippen LogP contribution in [0.15, 0.2) is 29.2 Å². The van der Waals surface area contributed by atoms with Gasteiger partial charge in [-0.25, -0.2) is 13.1 Å². The molecule has 1 aliphatic rings. The van der Waals surface area contributed by atoms with Gasteiger partial charge in [-0.1, -0.05) is 54.1 Å². The number of halogens is 1. The van der Waals surface area contributed by atoms with Crippen molar-refractivity contribution in [3.8, 4) is 0 Å². The van der Waals surface area contributed by atoms with Crippen molar-refractivity contribution in [2.24, 2.45) is 5.41 Å². The molecule has 1 heterocycles. The summed E-state index contributed by atoms with van der Waals surface area (Å²) in [5.74, 6) is 0. The third-order valence-corrected chi connectivity index (χ3v) is 5.97. The van der Waals surface area contributed by atoms with Crippen LogP contribution in [-0.4, -0.2) is 31.6 Å². The Morgan fingerprint density at radius 2 is 1.95 bits per heavy atom. The van der Waals surface area contributed by atoms with Gasteiger partial charge in [0, 0.05) is 9.84 Å². The highest BCUT2D eigenvalue weighted by Gasteiger charge is 2.44. The van der Waals surface area contributed by atoms with Crippen molar-refractivity contribution < 1.29 is 13.2 Å². The normalized spacial score (nSPS) is 25.8. The lowest BCUT2D eigenvalue weighted by atomic mass is 9.86. The number of aryl methyl sites for hydroxylation is 1. The van der Waals surface area contributed by atoms with Gasteiger partial charge in [0.05, 0.1) is 23.6 Å². The Bertz CT molecular complexity index is 569. The molecule has 0 radical (unpaired) electrons. The minimum absolute atomic E-state index is 0.0779. The molecule has 2 rings (SSSR count). The van der Waals surface area contributed by atoms with Gasteiger partial charge in [0.1, 0.15) is 0 Å². The average molecular weight is 409 g/mol. The monoisotopic (exact) mass is 409 g/mol. The topological polar surface area (TPSA) is 55.4 Å². The Labute approximate surface area is 134 Å². The van der Waals surface area contributed by atoms with Crippen LogP contribution in [0.4, 0.5) is 0 Å². The van der Waals surface area contributed by atoms with Gasteiger partial charge in [-0.05, 0) is 19.1 Å². The maximum absolute atomic E-state index is 12.5. The number of hydrogen-bond acceptors (Lipinski definition) is 3. The van der Waals surface area contributed by atoms with E-state index in [0.717, 1.165) is 9.99 Å². The third kappa shape index (κ3) is 3.35. The minimum Gasteiger partial charge on any atom is -0.375 e. The second-order valence-electron chi connectivity index (χ2n) is 5.90. The zero-order valence-corrected chi connectivity index (χ0v) is 14.9. The lowest BCUT2D eigenvalue weighted by molar-refractivity contribution is 0.113. The molecular formula is C14H20INO3S. The summed E-state index contributed by atoms with van der Waals surface area (Å²) in [6.07, 6.45) is -0.0779. The second-order valence-corrected chi connectivity index (χ2v) is 8.50. The molecule has 1 aromatic rings. The van der Waals surface area contributed by atoms with Crippen molar-refractivity contribution in [2.75, 3.05) is 11.0 Å². The molecule has 0 aromatic heterocycles. The van der Waals surface area contributed by atoms with E-state index in [0.29, 0.717) is 11.5 Å². The molecule has 4 nitrogen and oxygen atoms in total. The molecule has 1 aliphatic heterocycles. The van der Waals surface area contributed by atoms with Gasteiger partial charge in [-0.2, -0.15) is 0 Å². The molecule has 6 heteroatoms. The first-order chi connectivity index (χ1) is 9.26. The van der Waals surface area contributed by atoms with Crippen LogP contribution in [0.1, 0.15) is 19.4 Å². The quantitative estimate of drug-likeness (QED) is 0.614. The lowest BCUT2D eigenvalue weighted by Crippen LogP contribution is -2.48. The van der Waals surface area contributed by atoms with Crippen molar-refractivity contribution in [1.82, 2.24) is 4.72 Å². The zero-order chi connectivity index (χ0) is 15.0. The molecule has 1 aromatic carbocycles. The van der Waals surface area contributed by atoms with Crippen molar-refractivity contribution >= 4 is 32.6 Å². The van der Waals surface area contributed by atoms with Crippen molar-refractivity contribution in [3.63, 3.8) is 0 Å². The molecule has 0 bridgehead atoms. The maximum Gasteiger partial charge on any atom is 0.240 e. The van der Waals surface area contributed by atoms with E-state index in [1.54, 1.807) is 24.3 Å². The van der Waals surface area contributed by atoms with Gasteiger partial charge >= 0.3 is 0 Å². The molecule has 0 saturated carbocycles. The van der Waals surface area contributed by atoms with Crippen LogP contribution in [-0.2, 0) is 14.8 Å². The smallest absolute Gasteiger partial charge is 0.240 e. The largest absolute Gasteiger partial charge is 0.375 e. The first kappa shape index (κ1) is 16.2. The van der Waals surface area contributed by atoms with E-state index in [1.165, 1.54) is 0 Å². The van der Waals surface area contributed by atoms with Gasteiger partial charge in [-0.3, -0.25) is 0 Å². The average Bonchev–Trinajstić information content (AvgIpc) is 2.65. The zero-order valence-electron chi connectivity index (χ0n) is 11.9. The summed E-state index contributed by atoms with van der Waals surface area (Å²) >= 11 is 2.23. The predicted octanol–water partition coefficient (Wildman–Crippen LogP) is 2.50. The Kier molecular flexibility index (Phi) is 4.78. The van der Waals surface area contributed by atoms with Crippen molar-refractivity contribution in [1.29, 1.82) is 0 Å². The molecule has 1 saturated heterocycles. The molecule has 0 unspecified atom stereocenters. The number of alkyl halides is 1. The standard InChI is InChI=1S/C14H20INO3S/c1-10-4-6-11(7-5-10)20(17,18)16-13-12(8-15)19-9-14(13,2)3/h4-7,12-13,16H,8-9H2,1-3H3/t12-,13+/m1/s1. The van der Waals surface area contributed by atoms with Crippen LogP contribution in [0, 0.1) is 12.3 Å². The lowest BCUT2D eigenvalue weighted by Gasteiger charge is -2.28. The van der Waals surface area contributed by atoms with Crippen LogP contribution in [0.5, 0.6) is 0 Å². The Balaban J connectivity index is 2.25. The molecule has 0 amide bonds. The van der Waals surface area contributed by atoms with Gasteiger partial charge in [0.15, 0.2) is 0 Å². The fraction of sp³-hybridized carbons (Fsp3) is 0.571. The highest BCUT2D eigenvalue weighted by atomic mass is 127. The summed E-state index contributed by atoms with van der Waals surface area (Å²) < 4.78 is 34.2. The molecule has 0 aliphatic carbocycles. The summed E-state index contributed by atoms with van der Waals surface area (Å²) in [5.41, 5.74) is 0.840. The molecule has 0 spiro atoms. The molecule has 20 heavy (non-hydrogen) atoms. The van der Waals surface area contributed by atoms with E-state index >= 15 is 0 Å². The van der Waals surface area contributed by atoms with Crippen LogP contribution in [0.3, 0.4) is 0 Å². The van der Waals surface area contributed by atoms with E-state index in [1.807, 2.05) is 20.8 Å². The van der Waals surface area contributed by atoms with Crippen LogP contribution in [0.2, 0.25) is 0 Å². The number of benzene rings is 1. The molecular weight excluding hydrogens is 389 g/mol. The number of ether oxygens (including phenoxy) is 1. The Morgan fingerprint density at radius 1 is 1.35 bits per heavy atom. The molecule has 1 fully saturated rings. The fourth-order valence-corrected chi connectivity index (χ4v) is 4.53. The molecule has 112 valence electrons. The highest BCUT2D eigenvalue weighted by Crippen LogP contribution is 2.34. The van der Waals surface area contributed by atoms with Crippen molar-refractivity contribution in [2.45, 2.75) is 37.8 Å². The van der Waals surface area contributed by atoms with E-state index in [-0.39, 0.29) is 17.6 Å². The number of rotatable bonds is 4. The SMILES string of the molecule is Cc1ccc(S(=O)(=O)N[C@H]2[C@@H](CI)OCC2(C)C)cc1. The summed E-state index contributed by atoms with van der Waals surface area (Å²) in [6, 6.07) is 6.69. The van der Waals surface area contributed by atoms with E-state index < -0.39 is 10.0 Å². The van der Waals surface area contributed by atoms with Crippen LogP contribution in [0.25, 0.3) is 0 Å². The van der Waals surface area contributed by atoms with Gasteiger partial charge in [-0.15, -0.1) is 0 Å². The predicted molar refractivity (Wildman–Crippen MR) is 87.7 cm³/mol. The minimum atomic E-state index is -3.51. The molecule has 1 N–H and O–H groups in total. The summed E-state index contributed by atoms with van der Waals surface area (Å²) in [7, 11) is -3.51. The van der Waals surface area contributed by atoms with E-state index in [2.05, 4.69) is 27.3 Å². The summed E-state index contributed by atoms with van der Waals surface area (Å²) in [4.78, 5) is 0.304. The van der Waals surface area contributed by atoms with Crippen LogP contribution >= 0.6 is 22.6 Å². The number of nitrogens with one attached hydrogen (secondary N) is 1. The highest BCUT2D eigenvalue weighted by molar-refractivity contribution is 14.1. The fourth-order valence-electron chi connectivity index (χ4n) is 2.33. The number of sulfonamides is 1.